The molecule has 1 aliphatic heterocycles. The third-order valence-corrected chi connectivity index (χ3v) is 22.8. The summed E-state index contributed by atoms with van der Waals surface area (Å²) in [5.74, 6) is 6.04. The van der Waals surface area contributed by atoms with Crippen LogP contribution in [0.2, 0.25) is 0 Å². The fraction of sp³-hybridized carbons (Fsp3) is 0.276. The Morgan fingerprint density at radius 1 is 0.377 bits per heavy atom. The van der Waals surface area contributed by atoms with E-state index in [9.17, 15) is 0 Å². The number of nitrogens with zero attached hydrogens (tertiary/aromatic N) is 16. The third kappa shape index (κ3) is 13.0. The minimum absolute atomic E-state index is 0.420. The SMILES string of the molecule is CCN(CC)C1CC(c2nc(-c3ccc4ccc(-c5ccccc5)nc4c3)c3c(N)nccn23)C1.CCN1CCN(C2CC(c3nc(-c4ccc5ccc(-c6ccccc6)nc5c4)c4c(N)nccn34)C2)CC1.CN(C)C1CC(c2nc(-c3ccc4ccc(-c5ccccc5)nc4c3)c3c(N)nccn23)C1. The van der Waals surface area contributed by atoms with Gasteiger partial charge in [-0.2, -0.15) is 0 Å². The van der Waals surface area contributed by atoms with Crippen LogP contribution in [0.25, 0.3) is 117 Å². The van der Waals surface area contributed by atoms with Crippen molar-refractivity contribution in [2.45, 2.75) is 95.2 Å². The highest BCUT2D eigenvalue weighted by Gasteiger charge is 2.40. The summed E-state index contributed by atoms with van der Waals surface area (Å²) in [6.45, 7) is 14.8. The number of fused-ring (bicyclic) bond motifs is 6. The van der Waals surface area contributed by atoms with Crippen LogP contribution in [-0.2, 0) is 0 Å². The Labute approximate surface area is 617 Å². The second-order valence-corrected chi connectivity index (χ2v) is 29.1. The summed E-state index contributed by atoms with van der Waals surface area (Å²) in [6, 6.07) is 64.4. The summed E-state index contributed by atoms with van der Waals surface area (Å²) < 4.78 is 6.45. The van der Waals surface area contributed by atoms with Crippen molar-refractivity contribution in [3.63, 3.8) is 0 Å². The number of hydrogen-bond acceptors (Lipinski definition) is 16. The predicted octanol–water partition coefficient (Wildman–Crippen LogP) is 15.9. The number of hydrogen-bond donors (Lipinski definition) is 3. The summed E-state index contributed by atoms with van der Waals surface area (Å²) in [6.07, 6.45) is 18.1. The first-order chi connectivity index (χ1) is 51.9. The summed E-state index contributed by atoms with van der Waals surface area (Å²) in [4.78, 5) is 53.6. The lowest BCUT2D eigenvalue weighted by Crippen LogP contribution is -2.53. The maximum atomic E-state index is 6.45. The van der Waals surface area contributed by atoms with Gasteiger partial charge in [-0.15, -0.1) is 0 Å². The molecule has 9 aromatic heterocycles. The molecular formula is C87H89N19. The van der Waals surface area contributed by atoms with Crippen LogP contribution in [0.4, 0.5) is 17.5 Å². The zero-order valence-corrected chi connectivity index (χ0v) is 60.8. The predicted molar refractivity (Wildman–Crippen MR) is 428 cm³/mol. The maximum absolute atomic E-state index is 6.45. The van der Waals surface area contributed by atoms with Gasteiger partial charge in [0.15, 0.2) is 0 Å². The number of benzene rings is 6. The topological polar surface area (TPSA) is 220 Å². The molecule has 0 amide bonds. The van der Waals surface area contributed by atoms with Gasteiger partial charge in [-0.3, -0.25) is 18.1 Å². The molecule has 6 N–H and O–H groups in total. The molecule has 3 aliphatic carbocycles. The van der Waals surface area contributed by atoms with Gasteiger partial charge in [0, 0.05) is 149 Å². The monoisotopic (exact) mass is 1400 g/mol. The van der Waals surface area contributed by atoms with Crippen molar-refractivity contribution in [3.8, 4) is 67.5 Å². The quantitative estimate of drug-likeness (QED) is 0.0869. The Balaban J connectivity index is 0.000000117. The standard InChI is InChI=1S/C31H33N7.C29H30N6.C27H26N6/c1-2-36-14-16-37(17-15-36)25-18-24(19-25)31-35-28(29-30(32)33-12-13-38(29)31)23-9-8-22-10-11-26(34-27(22)20-23)21-6-4-3-5-7-21;1-3-34(4-2)23-16-22(17-23)29-33-26(27-28(30)31-14-15-35(27)29)21-11-10-20-12-13-24(32-25(20)18-21)19-8-6-5-7-9-19;1-32(2)21-14-20(15-21)27-31-24(25-26(28)29-12-13-33(25)27)19-9-8-18-10-11-22(30-23(18)16-19)17-6-4-3-5-7-17/h3-13,20,24-25H,2,14-19H2,1H3,(H2,32,33);5-15,18,22-23H,3-4,16-17H2,1-2H3,(H2,30,31);3-13,16,20-21H,14-15H2,1-2H3,(H2,28,29). The fourth-order valence-corrected chi connectivity index (χ4v) is 16.4. The Kier molecular flexibility index (Phi) is 18.5. The van der Waals surface area contributed by atoms with Crippen LogP contribution in [0.5, 0.6) is 0 Å². The second kappa shape index (κ2) is 28.9. The van der Waals surface area contributed by atoms with E-state index in [1.165, 1.54) is 26.2 Å². The molecule has 19 rings (SSSR count). The summed E-state index contributed by atoms with van der Waals surface area (Å²) in [5, 5.41) is 3.30. The van der Waals surface area contributed by atoms with E-state index in [-0.39, 0.29) is 0 Å². The van der Waals surface area contributed by atoms with E-state index in [0.717, 1.165) is 192 Å². The summed E-state index contributed by atoms with van der Waals surface area (Å²) in [7, 11) is 4.29. The van der Waals surface area contributed by atoms with Gasteiger partial charge < -0.3 is 31.9 Å². The van der Waals surface area contributed by atoms with Gasteiger partial charge in [-0.25, -0.2) is 44.9 Å². The van der Waals surface area contributed by atoms with Crippen LogP contribution in [0.1, 0.15) is 94.5 Å². The zero-order chi connectivity index (χ0) is 72.1. The van der Waals surface area contributed by atoms with Crippen molar-refractivity contribution in [2.24, 2.45) is 0 Å². The molecule has 0 bridgehead atoms. The van der Waals surface area contributed by atoms with Crippen LogP contribution in [0, 0.1) is 0 Å². The molecule has 6 aromatic carbocycles. The van der Waals surface area contributed by atoms with E-state index in [1.807, 2.05) is 73.2 Å². The number of imidazole rings is 3. The molecule has 19 nitrogen and oxygen atoms in total. The minimum Gasteiger partial charge on any atom is -0.382 e. The molecule has 4 aliphatic rings. The average molecular weight is 1400 g/mol. The molecule has 1 saturated heterocycles. The Bertz CT molecular complexity index is 5670. The van der Waals surface area contributed by atoms with Crippen molar-refractivity contribution in [1.29, 1.82) is 0 Å². The van der Waals surface area contributed by atoms with E-state index < -0.39 is 0 Å². The molecule has 10 heterocycles. The Morgan fingerprint density at radius 2 is 0.717 bits per heavy atom. The molecule has 4 fully saturated rings. The van der Waals surface area contributed by atoms with Gasteiger partial charge in [0.1, 0.15) is 68.6 Å². The van der Waals surface area contributed by atoms with Gasteiger partial charge in [-0.05, 0) is 109 Å². The summed E-state index contributed by atoms with van der Waals surface area (Å²) in [5.41, 5.74) is 36.6. The fourth-order valence-electron chi connectivity index (χ4n) is 16.4. The van der Waals surface area contributed by atoms with Crippen LogP contribution in [0.3, 0.4) is 0 Å². The number of anilines is 3. The van der Waals surface area contributed by atoms with Gasteiger partial charge in [0.25, 0.3) is 0 Å². The van der Waals surface area contributed by atoms with Crippen LogP contribution in [-0.4, -0.2) is 156 Å². The lowest BCUT2D eigenvalue weighted by Gasteiger charge is -2.46. The molecule has 19 heteroatoms. The average Bonchev–Trinajstić information content (AvgIpc) is 1.60. The van der Waals surface area contributed by atoms with Crippen molar-refractivity contribution >= 4 is 66.7 Å². The largest absolute Gasteiger partial charge is 0.382 e. The first-order valence-corrected chi connectivity index (χ1v) is 37.6. The number of likely N-dealkylation sites (N-methyl/N-ethyl adjacent to an activating group) is 1. The van der Waals surface area contributed by atoms with Crippen molar-refractivity contribution in [1.82, 2.24) is 77.7 Å². The number of piperazine rings is 1. The first-order valence-electron chi connectivity index (χ1n) is 37.6. The highest BCUT2D eigenvalue weighted by atomic mass is 15.3. The molecule has 15 aromatic rings. The highest BCUT2D eigenvalue weighted by molar-refractivity contribution is 5.94. The molecule has 0 unspecified atom stereocenters. The van der Waals surface area contributed by atoms with Crippen molar-refractivity contribution in [3.05, 3.63) is 237 Å². The zero-order valence-electron chi connectivity index (χ0n) is 60.8. The third-order valence-electron chi connectivity index (χ3n) is 22.8. The number of aromatic nitrogens is 12. The van der Waals surface area contributed by atoms with Crippen LogP contribution < -0.4 is 17.2 Å². The molecule has 0 radical (unpaired) electrons. The lowest BCUT2D eigenvalue weighted by molar-refractivity contribution is 0.0517. The lowest BCUT2D eigenvalue weighted by atomic mass is 9.78. The molecular weight excluding hydrogens is 1310 g/mol. The number of nitrogen functional groups attached to an aromatic ring is 3. The first kappa shape index (κ1) is 67.8. The smallest absolute Gasteiger partial charge is 0.150 e. The molecule has 532 valence electrons. The van der Waals surface area contributed by atoms with Crippen molar-refractivity contribution < 1.29 is 0 Å². The normalized spacial score (nSPS) is 18.9. The van der Waals surface area contributed by atoms with Gasteiger partial charge >= 0.3 is 0 Å². The van der Waals surface area contributed by atoms with Gasteiger partial charge in [0.2, 0.25) is 0 Å². The minimum atomic E-state index is 0.420. The van der Waals surface area contributed by atoms with Gasteiger partial charge in [-0.1, -0.05) is 166 Å². The van der Waals surface area contributed by atoms with Gasteiger partial charge in [0.05, 0.1) is 33.6 Å². The maximum Gasteiger partial charge on any atom is 0.150 e. The van der Waals surface area contributed by atoms with E-state index in [4.69, 9.17) is 47.1 Å². The van der Waals surface area contributed by atoms with Crippen LogP contribution >= 0.6 is 0 Å². The number of rotatable bonds is 15. The highest BCUT2D eigenvalue weighted by Crippen LogP contribution is 2.46. The van der Waals surface area contributed by atoms with E-state index in [1.54, 1.807) is 18.6 Å². The van der Waals surface area contributed by atoms with E-state index >= 15 is 0 Å². The Morgan fingerprint density at radius 3 is 1.06 bits per heavy atom. The Hall–Kier alpha value is -11.4. The van der Waals surface area contributed by atoms with Crippen molar-refractivity contribution in [2.75, 3.05) is 77.1 Å². The molecule has 3 saturated carbocycles. The number of nitrogens with two attached hydrogens (primary N) is 3. The molecule has 0 atom stereocenters. The summed E-state index contributed by atoms with van der Waals surface area (Å²) >= 11 is 0. The van der Waals surface area contributed by atoms with Crippen LogP contribution in [0.15, 0.2) is 219 Å². The molecule has 0 spiro atoms. The van der Waals surface area contributed by atoms with E-state index in [0.29, 0.717) is 53.3 Å². The number of pyridine rings is 3. The second-order valence-electron chi connectivity index (χ2n) is 29.1. The van der Waals surface area contributed by atoms with E-state index in [2.05, 4.69) is 210 Å². The molecule has 106 heavy (non-hydrogen) atoms.